The van der Waals surface area contributed by atoms with Crippen molar-refractivity contribution in [3.8, 4) is 0 Å². The van der Waals surface area contributed by atoms with Gasteiger partial charge in [0.2, 0.25) is 0 Å². The lowest BCUT2D eigenvalue weighted by Crippen LogP contribution is -2.44. The molecule has 1 heterocycles. The Morgan fingerprint density at radius 1 is 1.29 bits per heavy atom. The Labute approximate surface area is 86.3 Å². The molecule has 2 rings (SSSR count). The van der Waals surface area contributed by atoms with Gasteiger partial charge in [0.15, 0.2) is 0 Å². The Hall–Kier alpha value is -0.120. The van der Waals surface area contributed by atoms with Crippen molar-refractivity contribution in [1.82, 2.24) is 4.90 Å². The molecule has 0 unspecified atom stereocenters. The number of nitrogens with two attached hydrogens (primary N) is 1. The summed E-state index contributed by atoms with van der Waals surface area (Å²) >= 11 is 0. The maximum atomic E-state index is 10.3. The van der Waals surface area contributed by atoms with E-state index in [0.29, 0.717) is 6.04 Å². The molecule has 2 aliphatic rings. The van der Waals surface area contributed by atoms with E-state index in [1.54, 1.807) is 0 Å². The second kappa shape index (κ2) is 4.17. The fraction of sp³-hybridized carbons (Fsp3) is 1.00. The quantitative estimate of drug-likeness (QED) is 0.687. The molecule has 0 amide bonds. The van der Waals surface area contributed by atoms with E-state index in [2.05, 4.69) is 4.90 Å². The summed E-state index contributed by atoms with van der Waals surface area (Å²) in [6.45, 7) is 2.90. The van der Waals surface area contributed by atoms with Crippen LogP contribution in [0.4, 0.5) is 0 Å². The first-order valence-corrected chi connectivity index (χ1v) is 5.88. The number of rotatable bonds is 2. The average molecular weight is 198 g/mol. The Balaban J connectivity index is 1.83. The van der Waals surface area contributed by atoms with E-state index in [1.165, 1.54) is 19.3 Å². The number of likely N-dealkylation sites (tertiary alicyclic amines) is 1. The molecular formula is C11H22N2O. The van der Waals surface area contributed by atoms with Gasteiger partial charge in [-0.25, -0.2) is 0 Å². The molecule has 1 saturated carbocycles. The molecule has 0 bridgehead atoms. The van der Waals surface area contributed by atoms with Gasteiger partial charge in [-0.3, -0.25) is 4.90 Å². The van der Waals surface area contributed by atoms with Gasteiger partial charge >= 0.3 is 0 Å². The lowest BCUT2D eigenvalue weighted by atomic mass is 9.84. The standard InChI is InChI=1S/C11H22N2O/c12-10-4-7-13(8-10)9-11(14)5-2-1-3-6-11/h10,14H,1-9,12H2/t10-/m0/s1. The Kier molecular flexibility index (Phi) is 3.10. The Morgan fingerprint density at radius 3 is 2.57 bits per heavy atom. The summed E-state index contributed by atoms with van der Waals surface area (Å²) in [5.41, 5.74) is 5.45. The molecule has 0 aromatic carbocycles. The second-order valence-electron chi connectivity index (χ2n) is 5.07. The molecule has 0 aromatic heterocycles. The summed E-state index contributed by atoms with van der Waals surface area (Å²) in [4.78, 5) is 2.33. The largest absolute Gasteiger partial charge is 0.389 e. The lowest BCUT2D eigenvalue weighted by molar-refractivity contribution is -0.0215. The van der Waals surface area contributed by atoms with Crippen LogP contribution >= 0.6 is 0 Å². The van der Waals surface area contributed by atoms with Crippen LogP contribution in [0.5, 0.6) is 0 Å². The molecule has 3 nitrogen and oxygen atoms in total. The minimum atomic E-state index is -0.400. The summed E-state index contributed by atoms with van der Waals surface area (Å²) in [5, 5.41) is 10.3. The van der Waals surface area contributed by atoms with Crippen molar-refractivity contribution in [2.45, 2.75) is 50.2 Å². The van der Waals surface area contributed by atoms with Crippen LogP contribution in [0.3, 0.4) is 0 Å². The van der Waals surface area contributed by atoms with Crippen molar-refractivity contribution in [1.29, 1.82) is 0 Å². The molecule has 0 radical (unpaired) electrons. The highest BCUT2D eigenvalue weighted by Gasteiger charge is 2.33. The first-order valence-electron chi connectivity index (χ1n) is 5.88. The Bertz CT molecular complexity index is 190. The predicted molar refractivity (Wildman–Crippen MR) is 57.1 cm³/mol. The van der Waals surface area contributed by atoms with Crippen LogP contribution in [-0.4, -0.2) is 41.3 Å². The lowest BCUT2D eigenvalue weighted by Gasteiger charge is -2.35. The van der Waals surface area contributed by atoms with Crippen molar-refractivity contribution >= 4 is 0 Å². The molecule has 2 fully saturated rings. The molecule has 3 N–H and O–H groups in total. The molecule has 0 spiro atoms. The van der Waals surface area contributed by atoms with Gasteiger partial charge < -0.3 is 10.8 Å². The van der Waals surface area contributed by atoms with Crippen LogP contribution < -0.4 is 5.73 Å². The number of aliphatic hydroxyl groups is 1. The third-order valence-electron chi connectivity index (χ3n) is 3.61. The fourth-order valence-corrected chi connectivity index (χ4v) is 2.79. The molecular weight excluding hydrogens is 176 g/mol. The van der Waals surface area contributed by atoms with Gasteiger partial charge in [0.25, 0.3) is 0 Å². The third kappa shape index (κ3) is 2.47. The van der Waals surface area contributed by atoms with Crippen LogP contribution in [-0.2, 0) is 0 Å². The topological polar surface area (TPSA) is 49.5 Å². The number of nitrogens with zero attached hydrogens (tertiary/aromatic N) is 1. The fourth-order valence-electron chi connectivity index (χ4n) is 2.79. The van der Waals surface area contributed by atoms with Crippen LogP contribution in [0.25, 0.3) is 0 Å². The second-order valence-corrected chi connectivity index (χ2v) is 5.07. The van der Waals surface area contributed by atoms with Gasteiger partial charge in [-0.05, 0) is 25.8 Å². The van der Waals surface area contributed by atoms with Crippen molar-refractivity contribution in [3.63, 3.8) is 0 Å². The zero-order valence-electron chi connectivity index (χ0n) is 8.91. The minimum Gasteiger partial charge on any atom is -0.389 e. The van der Waals surface area contributed by atoms with E-state index < -0.39 is 5.60 Å². The van der Waals surface area contributed by atoms with Crippen molar-refractivity contribution in [2.75, 3.05) is 19.6 Å². The Morgan fingerprint density at radius 2 is 2.00 bits per heavy atom. The maximum absolute atomic E-state index is 10.3. The highest BCUT2D eigenvalue weighted by molar-refractivity contribution is 4.89. The smallest absolute Gasteiger partial charge is 0.0774 e. The molecule has 3 heteroatoms. The van der Waals surface area contributed by atoms with E-state index in [1.807, 2.05) is 0 Å². The van der Waals surface area contributed by atoms with Crippen molar-refractivity contribution < 1.29 is 5.11 Å². The van der Waals surface area contributed by atoms with Crippen molar-refractivity contribution in [3.05, 3.63) is 0 Å². The van der Waals surface area contributed by atoms with Crippen LogP contribution in [0.2, 0.25) is 0 Å². The van der Waals surface area contributed by atoms with Gasteiger partial charge in [0.1, 0.15) is 0 Å². The van der Waals surface area contributed by atoms with E-state index in [9.17, 15) is 5.11 Å². The third-order valence-corrected chi connectivity index (χ3v) is 3.61. The van der Waals surface area contributed by atoms with Gasteiger partial charge in [-0.1, -0.05) is 19.3 Å². The summed E-state index contributed by atoms with van der Waals surface area (Å²) < 4.78 is 0. The first kappa shape index (κ1) is 10.4. The average Bonchev–Trinajstić information content (AvgIpc) is 2.51. The number of hydrogen-bond acceptors (Lipinski definition) is 3. The normalized spacial score (nSPS) is 33.4. The minimum absolute atomic E-state index is 0.335. The number of hydrogen-bond donors (Lipinski definition) is 2. The summed E-state index contributed by atoms with van der Waals surface area (Å²) in [7, 11) is 0. The van der Waals surface area contributed by atoms with E-state index in [4.69, 9.17) is 5.73 Å². The highest BCUT2D eigenvalue weighted by atomic mass is 16.3. The summed E-state index contributed by atoms with van der Waals surface area (Å²) in [6, 6.07) is 0.335. The molecule has 82 valence electrons. The van der Waals surface area contributed by atoms with Gasteiger partial charge in [-0.15, -0.1) is 0 Å². The molecule has 0 aromatic rings. The van der Waals surface area contributed by atoms with Gasteiger partial charge in [-0.2, -0.15) is 0 Å². The van der Waals surface area contributed by atoms with Crippen molar-refractivity contribution in [2.24, 2.45) is 5.73 Å². The van der Waals surface area contributed by atoms with E-state index >= 15 is 0 Å². The van der Waals surface area contributed by atoms with Gasteiger partial charge in [0.05, 0.1) is 5.60 Å². The highest BCUT2D eigenvalue weighted by Crippen LogP contribution is 2.29. The van der Waals surface area contributed by atoms with Gasteiger partial charge in [0, 0.05) is 19.1 Å². The molecule has 1 aliphatic carbocycles. The summed E-state index contributed by atoms with van der Waals surface area (Å²) in [5.74, 6) is 0. The van der Waals surface area contributed by atoms with E-state index in [0.717, 1.165) is 38.9 Å². The molecule has 1 saturated heterocycles. The first-order chi connectivity index (χ1) is 6.68. The maximum Gasteiger partial charge on any atom is 0.0774 e. The SMILES string of the molecule is N[C@H]1CCN(CC2(O)CCCCC2)C1. The zero-order chi connectivity index (χ0) is 10.0. The molecule has 14 heavy (non-hydrogen) atoms. The molecule has 1 atom stereocenters. The van der Waals surface area contributed by atoms with Crippen LogP contribution in [0, 0.1) is 0 Å². The van der Waals surface area contributed by atoms with Crippen LogP contribution in [0.1, 0.15) is 38.5 Å². The zero-order valence-corrected chi connectivity index (χ0v) is 8.91. The number of β-amino-alcohol motifs (C(OH)–C–C–N with tert-alkyl or cyclic N) is 1. The predicted octanol–water partition coefficient (Wildman–Crippen LogP) is 0.715. The van der Waals surface area contributed by atoms with E-state index in [-0.39, 0.29) is 0 Å². The molecule has 1 aliphatic heterocycles. The van der Waals surface area contributed by atoms with Crippen LogP contribution in [0.15, 0.2) is 0 Å². The summed E-state index contributed by atoms with van der Waals surface area (Å²) in [6.07, 6.45) is 6.74. The monoisotopic (exact) mass is 198 g/mol.